The molecule has 0 atom stereocenters. The van der Waals surface area contributed by atoms with Crippen LogP contribution < -0.4 is 0 Å². The summed E-state index contributed by atoms with van der Waals surface area (Å²) in [6, 6.07) is 10.3. The first-order valence-electron chi connectivity index (χ1n) is 5.69. The van der Waals surface area contributed by atoms with Crippen molar-refractivity contribution in [3.8, 4) is 0 Å². The number of likely N-dealkylation sites (N-methyl/N-ethyl adjacent to an activating group) is 1. The lowest BCUT2D eigenvalue weighted by atomic mass is 10.2. The van der Waals surface area contributed by atoms with Crippen molar-refractivity contribution in [3.63, 3.8) is 0 Å². The number of benzene rings is 1. The minimum absolute atomic E-state index is 0.715. The molecule has 1 aromatic rings. The van der Waals surface area contributed by atoms with Crippen molar-refractivity contribution < 1.29 is 4.74 Å². The molecule has 0 aliphatic carbocycles. The zero-order valence-electron chi connectivity index (χ0n) is 9.86. The largest absolute Gasteiger partial charge is 0.375 e. The second kappa shape index (κ2) is 8.74. The second-order valence-corrected chi connectivity index (χ2v) is 4.68. The Kier molecular flexibility index (Phi) is 7.47. The number of rotatable bonds is 8. The van der Waals surface area contributed by atoms with E-state index in [9.17, 15) is 0 Å². The Morgan fingerprint density at radius 3 is 2.62 bits per heavy atom. The van der Waals surface area contributed by atoms with Crippen LogP contribution in [0.4, 0.5) is 0 Å². The van der Waals surface area contributed by atoms with Crippen molar-refractivity contribution in [3.05, 3.63) is 35.9 Å². The van der Waals surface area contributed by atoms with Gasteiger partial charge in [0, 0.05) is 11.9 Å². The molecule has 0 amide bonds. The van der Waals surface area contributed by atoms with Gasteiger partial charge in [-0.25, -0.2) is 0 Å². The van der Waals surface area contributed by atoms with Crippen LogP contribution in [-0.4, -0.2) is 37.0 Å². The Morgan fingerprint density at radius 2 is 1.94 bits per heavy atom. The maximum Gasteiger partial charge on any atom is 0.0717 e. The molecule has 16 heavy (non-hydrogen) atoms. The van der Waals surface area contributed by atoms with Crippen LogP contribution in [0.25, 0.3) is 0 Å². The molecule has 0 aliphatic heterocycles. The lowest BCUT2D eigenvalue weighted by Crippen LogP contribution is -2.24. The molecule has 0 radical (unpaired) electrons. The van der Waals surface area contributed by atoms with E-state index in [1.54, 1.807) is 0 Å². The fourth-order valence-corrected chi connectivity index (χ4v) is 1.68. The molecule has 0 aliphatic rings. The molecule has 0 spiro atoms. The molecule has 0 unspecified atom stereocenters. The first-order valence-corrected chi connectivity index (χ1v) is 6.81. The summed E-state index contributed by atoms with van der Waals surface area (Å²) in [4.78, 5) is 2.30. The van der Waals surface area contributed by atoms with Crippen LogP contribution in [0.3, 0.4) is 0 Å². The van der Waals surface area contributed by atoms with Crippen LogP contribution >= 0.6 is 15.9 Å². The predicted octanol–water partition coefficient (Wildman–Crippen LogP) is 2.92. The number of nitrogens with zero attached hydrogens (tertiary/aromatic N) is 1. The van der Waals surface area contributed by atoms with Crippen molar-refractivity contribution in [2.75, 3.05) is 32.1 Å². The number of ether oxygens (including phenoxy) is 1. The SMILES string of the molecule is CN(CCCBr)CCOCc1ccccc1. The summed E-state index contributed by atoms with van der Waals surface area (Å²) in [6.07, 6.45) is 1.19. The first kappa shape index (κ1) is 13.7. The van der Waals surface area contributed by atoms with Crippen LogP contribution in [0.5, 0.6) is 0 Å². The van der Waals surface area contributed by atoms with E-state index in [4.69, 9.17) is 4.74 Å². The van der Waals surface area contributed by atoms with Gasteiger partial charge in [-0.2, -0.15) is 0 Å². The average Bonchev–Trinajstić information content (AvgIpc) is 2.33. The Hall–Kier alpha value is -0.380. The molecule has 1 aromatic carbocycles. The lowest BCUT2D eigenvalue weighted by Gasteiger charge is -2.15. The van der Waals surface area contributed by atoms with Gasteiger partial charge in [-0.1, -0.05) is 46.3 Å². The van der Waals surface area contributed by atoms with Gasteiger partial charge in [0.1, 0.15) is 0 Å². The van der Waals surface area contributed by atoms with Crippen molar-refractivity contribution in [1.29, 1.82) is 0 Å². The lowest BCUT2D eigenvalue weighted by molar-refractivity contribution is 0.0997. The summed E-state index contributed by atoms with van der Waals surface area (Å²) < 4.78 is 5.62. The Bertz CT molecular complexity index is 266. The smallest absolute Gasteiger partial charge is 0.0717 e. The van der Waals surface area contributed by atoms with E-state index >= 15 is 0 Å². The van der Waals surface area contributed by atoms with Crippen LogP contribution in [0, 0.1) is 0 Å². The van der Waals surface area contributed by atoms with E-state index in [2.05, 4.69) is 40.0 Å². The second-order valence-electron chi connectivity index (χ2n) is 3.88. The topological polar surface area (TPSA) is 12.5 Å². The molecule has 1 rings (SSSR count). The highest BCUT2D eigenvalue weighted by Crippen LogP contribution is 2.00. The molecule has 0 saturated carbocycles. The highest BCUT2D eigenvalue weighted by Gasteiger charge is 1.97. The van der Waals surface area contributed by atoms with Gasteiger partial charge in [0.15, 0.2) is 0 Å². The van der Waals surface area contributed by atoms with E-state index in [1.165, 1.54) is 12.0 Å². The highest BCUT2D eigenvalue weighted by atomic mass is 79.9. The van der Waals surface area contributed by atoms with E-state index < -0.39 is 0 Å². The molecule has 0 fully saturated rings. The van der Waals surface area contributed by atoms with Crippen molar-refractivity contribution in [1.82, 2.24) is 4.90 Å². The third kappa shape index (κ3) is 6.26. The summed E-state index contributed by atoms with van der Waals surface area (Å²) >= 11 is 3.43. The molecule has 0 aromatic heterocycles. The van der Waals surface area contributed by atoms with Gasteiger partial charge in [-0.15, -0.1) is 0 Å². The zero-order valence-corrected chi connectivity index (χ0v) is 11.4. The van der Waals surface area contributed by atoms with Crippen molar-refractivity contribution >= 4 is 15.9 Å². The summed E-state index contributed by atoms with van der Waals surface area (Å²) in [5.41, 5.74) is 1.24. The summed E-state index contributed by atoms with van der Waals surface area (Å²) in [6.45, 7) is 3.64. The maximum absolute atomic E-state index is 5.62. The molecule has 0 bridgehead atoms. The van der Waals surface area contributed by atoms with Crippen LogP contribution in [0.2, 0.25) is 0 Å². The fraction of sp³-hybridized carbons (Fsp3) is 0.538. The van der Waals surface area contributed by atoms with Gasteiger partial charge >= 0.3 is 0 Å². The van der Waals surface area contributed by atoms with Crippen LogP contribution in [0.1, 0.15) is 12.0 Å². The Balaban J connectivity index is 2.03. The maximum atomic E-state index is 5.62. The number of halogens is 1. The molecule has 0 N–H and O–H groups in total. The van der Waals surface area contributed by atoms with Gasteiger partial charge in [0.25, 0.3) is 0 Å². The molecular weight excluding hydrogens is 266 g/mol. The number of hydrogen-bond donors (Lipinski definition) is 0. The van der Waals surface area contributed by atoms with E-state index in [0.29, 0.717) is 6.61 Å². The van der Waals surface area contributed by atoms with Crippen LogP contribution in [-0.2, 0) is 11.3 Å². The van der Waals surface area contributed by atoms with E-state index in [0.717, 1.165) is 25.0 Å². The quantitative estimate of drug-likeness (QED) is 0.538. The third-order valence-electron chi connectivity index (χ3n) is 2.40. The summed E-state index contributed by atoms with van der Waals surface area (Å²) in [7, 11) is 2.13. The average molecular weight is 286 g/mol. The van der Waals surface area contributed by atoms with E-state index in [-0.39, 0.29) is 0 Å². The highest BCUT2D eigenvalue weighted by molar-refractivity contribution is 9.09. The fourth-order valence-electron chi connectivity index (χ4n) is 1.43. The van der Waals surface area contributed by atoms with Gasteiger partial charge in [0.05, 0.1) is 13.2 Å². The zero-order chi connectivity index (χ0) is 11.6. The Morgan fingerprint density at radius 1 is 1.19 bits per heavy atom. The van der Waals surface area contributed by atoms with Gasteiger partial charge in [0.2, 0.25) is 0 Å². The minimum Gasteiger partial charge on any atom is -0.375 e. The summed E-state index contributed by atoms with van der Waals surface area (Å²) in [5.74, 6) is 0. The number of hydrogen-bond acceptors (Lipinski definition) is 2. The van der Waals surface area contributed by atoms with Crippen LogP contribution in [0.15, 0.2) is 30.3 Å². The van der Waals surface area contributed by atoms with Crippen molar-refractivity contribution in [2.24, 2.45) is 0 Å². The van der Waals surface area contributed by atoms with E-state index in [1.807, 2.05) is 18.2 Å². The first-order chi connectivity index (χ1) is 7.83. The molecule has 2 nitrogen and oxygen atoms in total. The summed E-state index contributed by atoms with van der Waals surface area (Å²) in [5, 5.41) is 1.07. The predicted molar refractivity (Wildman–Crippen MR) is 72.0 cm³/mol. The van der Waals surface area contributed by atoms with Gasteiger partial charge < -0.3 is 9.64 Å². The molecule has 0 saturated heterocycles. The standard InChI is InChI=1S/C13H20BrNO/c1-15(9-5-8-14)10-11-16-12-13-6-3-2-4-7-13/h2-4,6-7H,5,8-12H2,1H3. The Labute approximate surface area is 107 Å². The number of alkyl halides is 1. The monoisotopic (exact) mass is 285 g/mol. The molecule has 3 heteroatoms. The minimum atomic E-state index is 0.715. The molecule has 90 valence electrons. The normalized spacial score (nSPS) is 10.9. The van der Waals surface area contributed by atoms with Crippen molar-refractivity contribution in [2.45, 2.75) is 13.0 Å². The van der Waals surface area contributed by atoms with Gasteiger partial charge in [-0.3, -0.25) is 0 Å². The molecule has 0 heterocycles. The third-order valence-corrected chi connectivity index (χ3v) is 2.96. The molecular formula is C13H20BrNO. The van der Waals surface area contributed by atoms with Gasteiger partial charge in [-0.05, 0) is 25.6 Å².